The quantitative estimate of drug-likeness (QED) is 0.561. The molecule has 0 heterocycles. The van der Waals surface area contributed by atoms with Crippen LogP contribution in [0.25, 0.3) is 0 Å². The lowest BCUT2D eigenvalue weighted by atomic mass is 10.4. The van der Waals surface area contributed by atoms with E-state index in [-0.39, 0.29) is 0 Å². The van der Waals surface area contributed by atoms with Crippen molar-refractivity contribution in [3.8, 4) is 0 Å². The minimum atomic E-state index is -3.42. The van der Waals surface area contributed by atoms with Gasteiger partial charge in [-0.1, -0.05) is 0 Å². The molecule has 1 atom stereocenters. The summed E-state index contributed by atoms with van der Waals surface area (Å²) in [6, 6.07) is 0. The second-order valence-electron chi connectivity index (χ2n) is 2.40. The summed E-state index contributed by atoms with van der Waals surface area (Å²) in [5, 5.41) is 17.0. The molecule has 1 unspecified atom stereocenters. The lowest BCUT2D eigenvalue weighted by molar-refractivity contribution is -0.146. The number of rotatable bonds is 4. The van der Waals surface area contributed by atoms with E-state index in [2.05, 4.69) is 0 Å². The van der Waals surface area contributed by atoms with Crippen LogP contribution in [0.3, 0.4) is 0 Å². The molecule has 0 spiro atoms. The van der Waals surface area contributed by atoms with E-state index >= 15 is 0 Å². The van der Waals surface area contributed by atoms with E-state index < -0.39 is 28.6 Å². The Hall–Kier alpha value is -0.660. The zero-order valence-electron chi connectivity index (χ0n) is 6.76. The SMILES string of the molecule is CN(CC(O)C(=O)O)S(C)(=O)=O. The van der Waals surface area contributed by atoms with Gasteiger partial charge in [0.15, 0.2) is 6.10 Å². The highest BCUT2D eigenvalue weighted by Crippen LogP contribution is 1.95. The van der Waals surface area contributed by atoms with E-state index in [1.165, 1.54) is 7.05 Å². The van der Waals surface area contributed by atoms with Crippen molar-refractivity contribution >= 4 is 16.0 Å². The summed E-state index contributed by atoms with van der Waals surface area (Å²) in [6.45, 7) is -0.436. The van der Waals surface area contributed by atoms with Crippen molar-refractivity contribution in [1.29, 1.82) is 0 Å². The molecule has 7 heteroatoms. The third-order valence-corrected chi connectivity index (χ3v) is 2.56. The predicted molar refractivity (Wildman–Crippen MR) is 41.1 cm³/mol. The van der Waals surface area contributed by atoms with Crippen LogP contribution >= 0.6 is 0 Å². The van der Waals surface area contributed by atoms with E-state index in [0.717, 1.165) is 10.6 Å². The molecule has 0 aromatic heterocycles. The first-order valence-corrected chi connectivity index (χ1v) is 4.92. The van der Waals surface area contributed by atoms with Gasteiger partial charge in [-0.05, 0) is 0 Å². The number of aliphatic hydroxyl groups excluding tert-OH is 1. The van der Waals surface area contributed by atoms with E-state index in [1.54, 1.807) is 0 Å². The molecule has 0 saturated heterocycles. The standard InChI is InChI=1S/C5H11NO5S/c1-6(12(2,10)11)3-4(7)5(8)9/h4,7H,3H2,1-2H3,(H,8,9). The highest BCUT2D eigenvalue weighted by atomic mass is 32.2. The molecule has 0 aliphatic heterocycles. The molecule has 2 N–H and O–H groups in total. The Morgan fingerprint density at radius 2 is 2.00 bits per heavy atom. The second kappa shape index (κ2) is 3.83. The van der Waals surface area contributed by atoms with Crippen LogP contribution < -0.4 is 0 Å². The van der Waals surface area contributed by atoms with Crippen LogP contribution in [0.5, 0.6) is 0 Å². The number of sulfonamides is 1. The minimum absolute atomic E-state index is 0.436. The Morgan fingerprint density at radius 1 is 1.58 bits per heavy atom. The highest BCUT2D eigenvalue weighted by Gasteiger charge is 2.20. The maximum absolute atomic E-state index is 10.7. The largest absolute Gasteiger partial charge is 0.479 e. The zero-order chi connectivity index (χ0) is 9.94. The van der Waals surface area contributed by atoms with E-state index in [4.69, 9.17) is 10.2 Å². The predicted octanol–water partition coefficient (Wildman–Crippen LogP) is -1.68. The van der Waals surface area contributed by atoms with Crippen LogP contribution in [0.4, 0.5) is 0 Å². The van der Waals surface area contributed by atoms with Gasteiger partial charge in [0.2, 0.25) is 10.0 Å². The molecular weight excluding hydrogens is 186 g/mol. The molecule has 0 aromatic rings. The fourth-order valence-electron chi connectivity index (χ4n) is 0.457. The van der Waals surface area contributed by atoms with Gasteiger partial charge in [0.05, 0.1) is 12.8 Å². The van der Waals surface area contributed by atoms with Crippen molar-refractivity contribution < 1.29 is 23.4 Å². The first-order valence-electron chi connectivity index (χ1n) is 3.07. The number of likely N-dealkylation sites (N-methyl/N-ethyl adjacent to an activating group) is 1. The van der Waals surface area contributed by atoms with Crippen LogP contribution in [0.2, 0.25) is 0 Å². The summed E-state index contributed by atoms with van der Waals surface area (Å²) in [7, 11) is -2.23. The molecule has 6 nitrogen and oxygen atoms in total. The molecule has 0 saturated carbocycles. The van der Waals surface area contributed by atoms with Gasteiger partial charge in [0, 0.05) is 7.05 Å². The van der Waals surface area contributed by atoms with Gasteiger partial charge >= 0.3 is 5.97 Å². The fourth-order valence-corrected chi connectivity index (χ4v) is 0.869. The number of aliphatic carboxylic acids is 1. The van der Waals surface area contributed by atoms with Crippen molar-refractivity contribution in [1.82, 2.24) is 4.31 Å². The second-order valence-corrected chi connectivity index (χ2v) is 4.49. The third-order valence-electron chi connectivity index (χ3n) is 1.28. The molecule has 12 heavy (non-hydrogen) atoms. The lowest BCUT2D eigenvalue weighted by Gasteiger charge is -2.15. The molecule has 0 rings (SSSR count). The normalized spacial score (nSPS) is 14.7. The molecule has 0 radical (unpaired) electrons. The highest BCUT2D eigenvalue weighted by molar-refractivity contribution is 7.88. The average molecular weight is 197 g/mol. The van der Waals surface area contributed by atoms with Crippen molar-refractivity contribution in [2.45, 2.75) is 6.10 Å². The van der Waals surface area contributed by atoms with Crippen molar-refractivity contribution in [3.05, 3.63) is 0 Å². The Kier molecular flexibility index (Phi) is 3.62. The van der Waals surface area contributed by atoms with E-state index in [9.17, 15) is 13.2 Å². The summed E-state index contributed by atoms with van der Waals surface area (Å²) < 4.78 is 22.2. The third kappa shape index (κ3) is 3.65. The van der Waals surface area contributed by atoms with Crippen molar-refractivity contribution in [3.63, 3.8) is 0 Å². The molecule has 0 fully saturated rings. The van der Waals surface area contributed by atoms with Gasteiger partial charge in [0.25, 0.3) is 0 Å². The zero-order valence-corrected chi connectivity index (χ0v) is 7.58. The Labute approximate surface area is 70.5 Å². The number of carboxylic acid groups (broad SMARTS) is 1. The molecule has 0 bridgehead atoms. The summed E-state index contributed by atoms with van der Waals surface area (Å²) in [6.07, 6.45) is -0.744. The van der Waals surface area contributed by atoms with Gasteiger partial charge in [0.1, 0.15) is 0 Å². The molecular formula is C5H11NO5S. The first-order chi connectivity index (χ1) is 5.25. The number of carboxylic acids is 1. The van der Waals surface area contributed by atoms with E-state index in [1.807, 2.05) is 0 Å². The molecule has 0 amide bonds. The maximum atomic E-state index is 10.7. The summed E-state index contributed by atoms with van der Waals surface area (Å²) in [5.41, 5.74) is 0. The molecule has 0 aromatic carbocycles. The van der Waals surface area contributed by atoms with Crippen LogP contribution in [0, 0.1) is 0 Å². The Morgan fingerprint density at radius 3 is 2.25 bits per heavy atom. The van der Waals surface area contributed by atoms with Gasteiger partial charge in [-0.15, -0.1) is 0 Å². The monoisotopic (exact) mass is 197 g/mol. The number of hydrogen-bond acceptors (Lipinski definition) is 4. The summed E-state index contributed by atoms with van der Waals surface area (Å²) in [5.74, 6) is -1.44. The summed E-state index contributed by atoms with van der Waals surface area (Å²) >= 11 is 0. The van der Waals surface area contributed by atoms with Crippen molar-refractivity contribution in [2.75, 3.05) is 19.8 Å². The first kappa shape index (κ1) is 11.3. The molecule has 72 valence electrons. The number of nitrogens with zero attached hydrogens (tertiary/aromatic N) is 1. The molecule has 0 aliphatic rings. The maximum Gasteiger partial charge on any atom is 0.333 e. The fraction of sp³-hybridized carbons (Fsp3) is 0.800. The smallest absolute Gasteiger partial charge is 0.333 e. The Balaban J connectivity index is 4.20. The van der Waals surface area contributed by atoms with Crippen LogP contribution in [0.15, 0.2) is 0 Å². The van der Waals surface area contributed by atoms with Crippen LogP contribution in [-0.2, 0) is 14.8 Å². The number of hydrogen-bond donors (Lipinski definition) is 2. The number of aliphatic hydroxyl groups is 1. The molecule has 0 aliphatic carbocycles. The van der Waals surface area contributed by atoms with Gasteiger partial charge < -0.3 is 10.2 Å². The minimum Gasteiger partial charge on any atom is -0.479 e. The van der Waals surface area contributed by atoms with Crippen LogP contribution in [-0.4, -0.2) is 54.9 Å². The van der Waals surface area contributed by atoms with Crippen LogP contribution in [0.1, 0.15) is 0 Å². The van der Waals surface area contributed by atoms with Gasteiger partial charge in [-0.2, -0.15) is 0 Å². The van der Waals surface area contributed by atoms with E-state index in [0.29, 0.717) is 0 Å². The van der Waals surface area contributed by atoms with Crippen molar-refractivity contribution in [2.24, 2.45) is 0 Å². The topological polar surface area (TPSA) is 94.9 Å². The van der Waals surface area contributed by atoms with Gasteiger partial charge in [-0.3, -0.25) is 0 Å². The average Bonchev–Trinajstić information content (AvgIpc) is 1.85. The lowest BCUT2D eigenvalue weighted by Crippen LogP contribution is -2.37. The van der Waals surface area contributed by atoms with Gasteiger partial charge in [-0.25, -0.2) is 17.5 Å². The Bertz CT molecular complexity index is 259. The summed E-state index contributed by atoms with van der Waals surface area (Å²) in [4.78, 5) is 10.1. The number of carbonyl (C=O) groups is 1.